The van der Waals surface area contributed by atoms with E-state index in [1.54, 1.807) is 11.0 Å². The smallest absolute Gasteiger partial charge is 0.321 e. The van der Waals surface area contributed by atoms with Crippen LogP contribution in [0.25, 0.3) is 0 Å². The minimum atomic E-state index is -0.0927. The maximum absolute atomic E-state index is 11.7. The van der Waals surface area contributed by atoms with Gasteiger partial charge in [-0.05, 0) is 38.5 Å². The molecule has 2 amide bonds. The number of benzene rings is 1. The van der Waals surface area contributed by atoms with Crippen molar-refractivity contribution < 1.29 is 4.79 Å². The lowest BCUT2D eigenvalue weighted by molar-refractivity contribution is 0.217. The van der Waals surface area contributed by atoms with Gasteiger partial charge in [-0.1, -0.05) is 17.7 Å². The largest absolute Gasteiger partial charge is 0.325 e. The molecule has 0 radical (unpaired) electrons. The fraction of sp³-hybridized carbons (Fsp3) is 0.417. The average Bonchev–Trinajstić information content (AvgIpc) is 2.25. The molecule has 0 heterocycles. The van der Waals surface area contributed by atoms with Crippen molar-refractivity contribution in [1.82, 2.24) is 4.90 Å². The molecule has 0 atom stereocenters. The molecule has 0 aliphatic rings. The van der Waals surface area contributed by atoms with Gasteiger partial charge in [-0.3, -0.25) is 0 Å². The van der Waals surface area contributed by atoms with Gasteiger partial charge in [0, 0.05) is 23.8 Å². The van der Waals surface area contributed by atoms with E-state index in [9.17, 15) is 4.79 Å². The highest BCUT2D eigenvalue weighted by molar-refractivity contribution is 6.31. The van der Waals surface area contributed by atoms with Crippen LogP contribution < -0.4 is 5.32 Å². The van der Waals surface area contributed by atoms with E-state index >= 15 is 0 Å². The van der Waals surface area contributed by atoms with Crippen molar-refractivity contribution >= 4 is 23.3 Å². The Morgan fingerprint density at radius 2 is 2.00 bits per heavy atom. The van der Waals surface area contributed by atoms with Crippen LogP contribution in [0.3, 0.4) is 0 Å². The number of hydrogen-bond acceptors (Lipinski definition) is 1. The number of anilines is 1. The van der Waals surface area contributed by atoms with Crippen LogP contribution in [0.15, 0.2) is 18.2 Å². The normalized spacial score (nSPS) is 10.0. The molecule has 1 aromatic rings. The van der Waals surface area contributed by atoms with E-state index in [1.165, 1.54) is 0 Å². The molecule has 16 heavy (non-hydrogen) atoms. The third-order valence-electron chi connectivity index (χ3n) is 2.47. The molecular formula is C12H17ClN2O. The molecule has 0 bridgehead atoms. The topological polar surface area (TPSA) is 32.3 Å². The monoisotopic (exact) mass is 240 g/mol. The zero-order valence-electron chi connectivity index (χ0n) is 9.88. The lowest BCUT2D eigenvalue weighted by atomic mass is 10.2. The van der Waals surface area contributed by atoms with Crippen LogP contribution in [0.4, 0.5) is 10.5 Å². The molecule has 3 nitrogen and oxygen atoms in total. The number of carbonyl (C=O) groups is 1. The number of aryl methyl sites for hydroxylation is 1. The Balaban J connectivity index is 2.73. The molecule has 4 heteroatoms. The van der Waals surface area contributed by atoms with Crippen molar-refractivity contribution in [3.05, 3.63) is 28.8 Å². The van der Waals surface area contributed by atoms with Gasteiger partial charge in [-0.25, -0.2) is 4.79 Å². The van der Waals surface area contributed by atoms with Crippen LogP contribution >= 0.6 is 11.6 Å². The zero-order valence-corrected chi connectivity index (χ0v) is 10.6. The second kappa shape index (κ2) is 5.75. The Kier molecular flexibility index (Phi) is 4.62. The van der Waals surface area contributed by atoms with E-state index in [4.69, 9.17) is 11.6 Å². The third-order valence-corrected chi connectivity index (χ3v) is 2.88. The zero-order chi connectivity index (χ0) is 12.1. The summed E-state index contributed by atoms with van der Waals surface area (Å²) in [7, 11) is 0. The molecule has 1 N–H and O–H groups in total. The minimum absolute atomic E-state index is 0.0927. The number of hydrogen-bond donors (Lipinski definition) is 1. The van der Waals surface area contributed by atoms with Crippen molar-refractivity contribution in [2.75, 3.05) is 18.4 Å². The fourth-order valence-corrected chi connectivity index (χ4v) is 1.56. The second-order valence-electron chi connectivity index (χ2n) is 3.57. The summed E-state index contributed by atoms with van der Waals surface area (Å²) < 4.78 is 0. The Labute approximate surface area is 101 Å². The van der Waals surface area contributed by atoms with Gasteiger partial charge in [0.15, 0.2) is 0 Å². The quantitative estimate of drug-likeness (QED) is 0.862. The van der Waals surface area contributed by atoms with E-state index in [0.29, 0.717) is 18.1 Å². The molecular weight excluding hydrogens is 224 g/mol. The highest BCUT2D eigenvalue weighted by atomic mass is 35.5. The fourth-order valence-electron chi connectivity index (χ4n) is 1.38. The van der Waals surface area contributed by atoms with Gasteiger partial charge in [0.1, 0.15) is 0 Å². The number of carbonyl (C=O) groups excluding carboxylic acids is 1. The summed E-state index contributed by atoms with van der Waals surface area (Å²) in [6.07, 6.45) is 0. The second-order valence-corrected chi connectivity index (χ2v) is 3.97. The molecule has 0 aromatic heterocycles. The van der Waals surface area contributed by atoms with Gasteiger partial charge in [0.05, 0.1) is 0 Å². The first kappa shape index (κ1) is 12.8. The standard InChI is InChI=1S/C12H17ClN2O/c1-4-15(5-2)12(16)14-10-7-6-9(3)11(13)8-10/h6-8H,4-5H2,1-3H3,(H,14,16). The summed E-state index contributed by atoms with van der Waals surface area (Å²) in [4.78, 5) is 13.5. The van der Waals surface area contributed by atoms with Gasteiger partial charge >= 0.3 is 6.03 Å². The van der Waals surface area contributed by atoms with Crippen LogP contribution in [0, 0.1) is 6.92 Å². The van der Waals surface area contributed by atoms with E-state index in [0.717, 1.165) is 11.3 Å². The molecule has 0 saturated carbocycles. The molecule has 1 aromatic carbocycles. The van der Waals surface area contributed by atoms with Crippen molar-refractivity contribution in [3.63, 3.8) is 0 Å². The Morgan fingerprint density at radius 1 is 1.38 bits per heavy atom. The highest BCUT2D eigenvalue weighted by Crippen LogP contribution is 2.20. The van der Waals surface area contributed by atoms with Crippen molar-refractivity contribution in [3.8, 4) is 0 Å². The highest BCUT2D eigenvalue weighted by Gasteiger charge is 2.09. The maximum atomic E-state index is 11.7. The summed E-state index contributed by atoms with van der Waals surface area (Å²) in [5.74, 6) is 0. The molecule has 0 spiro atoms. The minimum Gasteiger partial charge on any atom is -0.325 e. The SMILES string of the molecule is CCN(CC)C(=O)Nc1ccc(C)c(Cl)c1. The molecule has 88 valence electrons. The van der Waals surface area contributed by atoms with Crippen molar-refractivity contribution in [1.29, 1.82) is 0 Å². The molecule has 0 aliphatic carbocycles. The molecule has 0 fully saturated rings. The van der Waals surface area contributed by atoms with E-state index < -0.39 is 0 Å². The van der Waals surface area contributed by atoms with Gasteiger partial charge < -0.3 is 10.2 Å². The summed E-state index contributed by atoms with van der Waals surface area (Å²) in [5, 5.41) is 3.48. The van der Waals surface area contributed by atoms with E-state index in [-0.39, 0.29) is 6.03 Å². The summed E-state index contributed by atoms with van der Waals surface area (Å²) in [5.41, 5.74) is 1.73. The van der Waals surface area contributed by atoms with Crippen molar-refractivity contribution in [2.45, 2.75) is 20.8 Å². The molecule has 0 unspecified atom stereocenters. The lowest BCUT2D eigenvalue weighted by Gasteiger charge is -2.19. The summed E-state index contributed by atoms with van der Waals surface area (Å²) in [6, 6.07) is 5.41. The van der Waals surface area contributed by atoms with Crippen LogP contribution in [0.2, 0.25) is 5.02 Å². The molecule has 0 aliphatic heterocycles. The average molecular weight is 241 g/mol. The first-order valence-electron chi connectivity index (χ1n) is 5.40. The van der Waals surface area contributed by atoms with Gasteiger partial charge in [-0.15, -0.1) is 0 Å². The first-order chi connectivity index (χ1) is 7.58. The number of rotatable bonds is 3. The number of halogens is 1. The lowest BCUT2D eigenvalue weighted by Crippen LogP contribution is -2.34. The number of amides is 2. The first-order valence-corrected chi connectivity index (χ1v) is 5.78. The van der Waals surface area contributed by atoms with Crippen LogP contribution in [0.5, 0.6) is 0 Å². The third kappa shape index (κ3) is 3.14. The molecule has 0 saturated heterocycles. The summed E-state index contributed by atoms with van der Waals surface area (Å²) in [6.45, 7) is 7.22. The van der Waals surface area contributed by atoms with Crippen LogP contribution in [-0.2, 0) is 0 Å². The predicted octanol–water partition coefficient (Wildman–Crippen LogP) is 3.52. The van der Waals surface area contributed by atoms with Crippen LogP contribution in [0.1, 0.15) is 19.4 Å². The Hall–Kier alpha value is -1.22. The Bertz CT molecular complexity index is 375. The van der Waals surface area contributed by atoms with Crippen LogP contribution in [-0.4, -0.2) is 24.0 Å². The number of nitrogens with zero attached hydrogens (tertiary/aromatic N) is 1. The van der Waals surface area contributed by atoms with Gasteiger partial charge in [0.2, 0.25) is 0 Å². The number of nitrogens with one attached hydrogen (secondary N) is 1. The van der Waals surface area contributed by atoms with Gasteiger partial charge in [-0.2, -0.15) is 0 Å². The van der Waals surface area contributed by atoms with Gasteiger partial charge in [0.25, 0.3) is 0 Å². The molecule has 1 rings (SSSR count). The number of urea groups is 1. The van der Waals surface area contributed by atoms with E-state index in [2.05, 4.69) is 5.32 Å². The van der Waals surface area contributed by atoms with E-state index in [1.807, 2.05) is 32.9 Å². The van der Waals surface area contributed by atoms with Crippen molar-refractivity contribution in [2.24, 2.45) is 0 Å². The Morgan fingerprint density at radius 3 is 2.50 bits per heavy atom. The predicted molar refractivity (Wildman–Crippen MR) is 68.1 cm³/mol. The summed E-state index contributed by atoms with van der Waals surface area (Å²) >= 11 is 5.98. The maximum Gasteiger partial charge on any atom is 0.321 e.